The van der Waals surface area contributed by atoms with Crippen molar-refractivity contribution in [3.8, 4) is 0 Å². The SMILES string of the molecule is CC(C)C(CO)NC(=O)C1NCC2CCCC21. The molecule has 4 heteroatoms. The zero-order valence-electron chi connectivity index (χ0n) is 10.8. The molecule has 1 saturated heterocycles. The molecule has 2 aliphatic rings. The molecule has 2 fully saturated rings. The Hall–Kier alpha value is -0.610. The average molecular weight is 240 g/mol. The van der Waals surface area contributed by atoms with Crippen LogP contribution in [0.2, 0.25) is 0 Å². The maximum absolute atomic E-state index is 12.2. The summed E-state index contributed by atoms with van der Waals surface area (Å²) in [6, 6.07) is -0.153. The fourth-order valence-corrected chi connectivity index (χ4v) is 3.17. The highest BCUT2D eigenvalue weighted by Gasteiger charge is 2.42. The van der Waals surface area contributed by atoms with E-state index in [0.717, 1.165) is 6.54 Å². The molecule has 4 nitrogen and oxygen atoms in total. The highest BCUT2D eigenvalue weighted by atomic mass is 16.3. The molecule has 1 amide bonds. The summed E-state index contributed by atoms with van der Waals surface area (Å²) in [5.41, 5.74) is 0. The van der Waals surface area contributed by atoms with E-state index in [4.69, 9.17) is 0 Å². The molecule has 0 radical (unpaired) electrons. The van der Waals surface area contributed by atoms with Gasteiger partial charge in [0.05, 0.1) is 18.7 Å². The number of carbonyl (C=O) groups is 1. The Labute approximate surface area is 103 Å². The number of carbonyl (C=O) groups excluding carboxylic acids is 1. The second-order valence-electron chi connectivity index (χ2n) is 5.78. The predicted molar refractivity (Wildman–Crippen MR) is 66.5 cm³/mol. The standard InChI is InChI=1S/C13H24N2O2/c1-8(2)11(7-16)15-13(17)12-10-5-3-4-9(10)6-14-12/h8-12,14,16H,3-7H2,1-2H3,(H,15,17). The smallest absolute Gasteiger partial charge is 0.237 e. The van der Waals surface area contributed by atoms with E-state index in [0.29, 0.717) is 11.8 Å². The first-order valence-corrected chi connectivity index (χ1v) is 6.78. The summed E-state index contributed by atoms with van der Waals surface area (Å²) in [5, 5.41) is 15.5. The van der Waals surface area contributed by atoms with E-state index in [2.05, 4.69) is 10.6 Å². The first kappa shape index (κ1) is 12.8. The van der Waals surface area contributed by atoms with Gasteiger partial charge < -0.3 is 15.7 Å². The molecule has 1 heterocycles. The maximum Gasteiger partial charge on any atom is 0.237 e. The van der Waals surface area contributed by atoms with E-state index in [1.54, 1.807) is 0 Å². The lowest BCUT2D eigenvalue weighted by Gasteiger charge is -2.24. The minimum absolute atomic E-state index is 0.0181. The molecule has 0 aromatic heterocycles. The summed E-state index contributed by atoms with van der Waals surface area (Å²) >= 11 is 0. The molecule has 4 unspecified atom stereocenters. The normalized spacial score (nSPS) is 33.8. The Bertz CT molecular complexity index is 281. The Morgan fingerprint density at radius 1 is 1.47 bits per heavy atom. The van der Waals surface area contributed by atoms with Crippen LogP contribution in [0, 0.1) is 17.8 Å². The minimum Gasteiger partial charge on any atom is -0.394 e. The van der Waals surface area contributed by atoms with Crippen molar-refractivity contribution in [3.63, 3.8) is 0 Å². The summed E-state index contributed by atoms with van der Waals surface area (Å²) in [6.45, 7) is 5.03. The van der Waals surface area contributed by atoms with Gasteiger partial charge in [0.2, 0.25) is 5.91 Å². The number of aliphatic hydroxyl groups is 1. The van der Waals surface area contributed by atoms with Gasteiger partial charge in [0.25, 0.3) is 0 Å². The van der Waals surface area contributed by atoms with Gasteiger partial charge in [-0.05, 0) is 37.1 Å². The number of hydrogen-bond donors (Lipinski definition) is 3. The monoisotopic (exact) mass is 240 g/mol. The molecule has 1 aliphatic carbocycles. The maximum atomic E-state index is 12.2. The molecule has 0 aromatic rings. The summed E-state index contributed by atoms with van der Waals surface area (Å²) in [5.74, 6) is 1.55. The van der Waals surface area contributed by atoms with Crippen LogP contribution in [0.1, 0.15) is 33.1 Å². The van der Waals surface area contributed by atoms with Crippen LogP contribution in [-0.2, 0) is 4.79 Å². The van der Waals surface area contributed by atoms with Crippen LogP contribution < -0.4 is 10.6 Å². The summed E-state index contributed by atoms with van der Waals surface area (Å²) < 4.78 is 0. The third-order valence-corrected chi connectivity index (χ3v) is 4.36. The van der Waals surface area contributed by atoms with E-state index in [9.17, 15) is 9.90 Å². The fourth-order valence-electron chi connectivity index (χ4n) is 3.17. The number of aliphatic hydroxyl groups excluding tert-OH is 1. The molecule has 1 aliphatic heterocycles. The highest BCUT2D eigenvalue weighted by Crippen LogP contribution is 2.37. The molecule has 1 saturated carbocycles. The van der Waals surface area contributed by atoms with Gasteiger partial charge in [0.15, 0.2) is 0 Å². The Morgan fingerprint density at radius 2 is 2.24 bits per heavy atom. The van der Waals surface area contributed by atoms with Crippen LogP contribution in [0.4, 0.5) is 0 Å². The summed E-state index contributed by atoms with van der Waals surface area (Å²) in [6.07, 6.45) is 3.69. The van der Waals surface area contributed by atoms with Gasteiger partial charge in [0, 0.05) is 0 Å². The number of rotatable bonds is 4. The highest BCUT2D eigenvalue weighted by molar-refractivity contribution is 5.82. The van der Waals surface area contributed by atoms with Gasteiger partial charge in [0.1, 0.15) is 0 Å². The number of nitrogens with one attached hydrogen (secondary N) is 2. The Morgan fingerprint density at radius 3 is 2.88 bits per heavy atom. The molecule has 3 N–H and O–H groups in total. The number of amides is 1. The van der Waals surface area contributed by atoms with Crippen molar-refractivity contribution in [2.45, 2.75) is 45.2 Å². The second kappa shape index (κ2) is 5.36. The zero-order chi connectivity index (χ0) is 12.4. The zero-order valence-corrected chi connectivity index (χ0v) is 10.8. The molecule has 0 aromatic carbocycles. The van der Waals surface area contributed by atoms with E-state index < -0.39 is 0 Å². The van der Waals surface area contributed by atoms with Crippen LogP contribution in [0.25, 0.3) is 0 Å². The molecular formula is C13H24N2O2. The van der Waals surface area contributed by atoms with E-state index in [1.807, 2.05) is 13.8 Å². The third-order valence-electron chi connectivity index (χ3n) is 4.36. The lowest BCUT2D eigenvalue weighted by molar-refractivity contribution is -0.125. The van der Waals surface area contributed by atoms with Gasteiger partial charge in [-0.15, -0.1) is 0 Å². The molecule has 4 atom stereocenters. The fraction of sp³-hybridized carbons (Fsp3) is 0.923. The van der Waals surface area contributed by atoms with Crippen LogP contribution >= 0.6 is 0 Å². The van der Waals surface area contributed by atoms with Crippen molar-refractivity contribution in [2.75, 3.05) is 13.2 Å². The first-order chi connectivity index (χ1) is 8.13. The lowest BCUT2D eigenvalue weighted by atomic mass is 9.93. The van der Waals surface area contributed by atoms with Gasteiger partial charge in [-0.25, -0.2) is 0 Å². The van der Waals surface area contributed by atoms with E-state index in [1.165, 1.54) is 19.3 Å². The summed E-state index contributed by atoms with van der Waals surface area (Å²) in [4.78, 5) is 12.2. The predicted octanol–water partition coefficient (Wildman–Crippen LogP) is 0.508. The van der Waals surface area contributed by atoms with Gasteiger partial charge in [-0.2, -0.15) is 0 Å². The number of hydrogen-bond acceptors (Lipinski definition) is 3. The number of fused-ring (bicyclic) bond motifs is 1. The van der Waals surface area contributed by atoms with Crippen LogP contribution in [0.5, 0.6) is 0 Å². The summed E-state index contributed by atoms with van der Waals surface area (Å²) in [7, 11) is 0. The van der Waals surface area contributed by atoms with Gasteiger partial charge >= 0.3 is 0 Å². The van der Waals surface area contributed by atoms with E-state index in [-0.39, 0.29) is 30.5 Å². The van der Waals surface area contributed by atoms with Crippen molar-refractivity contribution in [1.29, 1.82) is 0 Å². The van der Waals surface area contributed by atoms with Crippen molar-refractivity contribution < 1.29 is 9.90 Å². The van der Waals surface area contributed by atoms with Crippen molar-refractivity contribution >= 4 is 5.91 Å². The van der Waals surface area contributed by atoms with Crippen LogP contribution in [-0.4, -0.2) is 36.2 Å². The van der Waals surface area contributed by atoms with Crippen molar-refractivity contribution in [2.24, 2.45) is 17.8 Å². The minimum atomic E-state index is -0.121. The van der Waals surface area contributed by atoms with Crippen LogP contribution in [0.3, 0.4) is 0 Å². The van der Waals surface area contributed by atoms with Gasteiger partial charge in [-0.1, -0.05) is 20.3 Å². The Kier molecular flexibility index (Phi) is 4.05. The molecule has 98 valence electrons. The Balaban J connectivity index is 1.91. The second-order valence-corrected chi connectivity index (χ2v) is 5.78. The molecular weight excluding hydrogens is 216 g/mol. The van der Waals surface area contributed by atoms with E-state index >= 15 is 0 Å². The molecule has 2 rings (SSSR count). The van der Waals surface area contributed by atoms with Crippen LogP contribution in [0.15, 0.2) is 0 Å². The first-order valence-electron chi connectivity index (χ1n) is 6.78. The van der Waals surface area contributed by atoms with Crippen molar-refractivity contribution in [1.82, 2.24) is 10.6 Å². The molecule has 0 bridgehead atoms. The topological polar surface area (TPSA) is 61.4 Å². The van der Waals surface area contributed by atoms with Gasteiger partial charge in [-0.3, -0.25) is 4.79 Å². The lowest BCUT2D eigenvalue weighted by Crippen LogP contribution is -2.50. The molecule has 0 spiro atoms. The average Bonchev–Trinajstić information content (AvgIpc) is 2.86. The molecule has 17 heavy (non-hydrogen) atoms. The van der Waals surface area contributed by atoms with Crippen molar-refractivity contribution in [3.05, 3.63) is 0 Å². The quantitative estimate of drug-likeness (QED) is 0.671. The third kappa shape index (κ3) is 2.63. The largest absolute Gasteiger partial charge is 0.394 e.